The maximum Gasteiger partial charge on any atom is 0.271 e. The molecule has 1 aromatic carbocycles. The molecule has 0 fully saturated rings. The van der Waals surface area contributed by atoms with Gasteiger partial charge in [0.25, 0.3) is 11.5 Å². The Kier molecular flexibility index (Phi) is 3.82. The van der Waals surface area contributed by atoms with Crippen LogP contribution < -0.4 is 15.6 Å². The fourth-order valence-electron chi connectivity index (χ4n) is 1.92. The molecule has 22 heavy (non-hydrogen) atoms. The quantitative estimate of drug-likeness (QED) is 0.798. The predicted octanol–water partition coefficient (Wildman–Crippen LogP) is 2.67. The zero-order valence-corrected chi connectivity index (χ0v) is 12.9. The number of anilines is 1. The van der Waals surface area contributed by atoms with Crippen molar-refractivity contribution < 1.29 is 9.53 Å². The van der Waals surface area contributed by atoms with Crippen LogP contribution in [0.3, 0.4) is 0 Å². The van der Waals surface area contributed by atoms with E-state index in [0.717, 1.165) is 0 Å². The number of thiazole rings is 1. The van der Waals surface area contributed by atoms with Crippen molar-refractivity contribution in [3.8, 4) is 5.75 Å². The van der Waals surface area contributed by atoms with Crippen molar-refractivity contribution in [1.29, 1.82) is 0 Å². The summed E-state index contributed by atoms with van der Waals surface area (Å²) in [6, 6.07) is 4.81. The highest BCUT2D eigenvalue weighted by Gasteiger charge is 2.14. The van der Waals surface area contributed by atoms with E-state index < -0.39 is 11.5 Å². The van der Waals surface area contributed by atoms with Gasteiger partial charge in [0, 0.05) is 23.5 Å². The van der Waals surface area contributed by atoms with Crippen molar-refractivity contribution in [3.05, 3.63) is 56.9 Å². The Morgan fingerprint density at radius 1 is 1.45 bits per heavy atom. The highest BCUT2D eigenvalue weighted by Crippen LogP contribution is 2.27. The Morgan fingerprint density at radius 2 is 2.27 bits per heavy atom. The molecule has 3 rings (SSSR count). The van der Waals surface area contributed by atoms with Crippen LogP contribution in [-0.2, 0) is 0 Å². The summed E-state index contributed by atoms with van der Waals surface area (Å²) in [5.41, 5.74) is 0.0109. The summed E-state index contributed by atoms with van der Waals surface area (Å²) in [7, 11) is 1.50. The lowest BCUT2D eigenvalue weighted by Crippen LogP contribution is -2.25. The number of amides is 1. The van der Waals surface area contributed by atoms with Gasteiger partial charge in [-0.3, -0.25) is 14.0 Å². The number of rotatable bonds is 3. The van der Waals surface area contributed by atoms with Crippen molar-refractivity contribution >= 4 is 39.5 Å². The molecule has 2 heterocycles. The lowest BCUT2D eigenvalue weighted by Gasteiger charge is -2.07. The van der Waals surface area contributed by atoms with Gasteiger partial charge in [0.2, 0.25) is 0 Å². The van der Waals surface area contributed by atoms with Crippen LogP contribution in [0.1, 0.15) is 10.4 Å². The Labute approximate surface area is 133 Å². The van der Waals surface area contributed by atoms with E-state index in [1.807, 2.05) is 0 Å². The molecule has 0 bridgehead atoms. The zero-order valence-electron chi connectivity index (χ0n) is 11.4. The van der Waals surface area contributed by atoms with E-state index >= 15 is 0 Å². The molecule has 0 radical (unpaired) electrons. The molecule has 1 amide bonds. The number of carbonyl (C=O) groups is 1. The first-order valence-electron chi connectivity index (χ1n) is 6.20. The molecule has 0 unspecified atom stereocenters. The number of hydrogen-bond acceptors (Lipinski definition) is 5. The van der Waals surface area contributed by atoms with Gasteiger partial charge < -0.3 is 10.1 Å². The van der Waals surface area contributed by atoms with Gasteiger partial charge in [0.05, 0.1) is 12.1 Å². The standard InChI is InChI=1S/C14H10ClN3O3S/c1-21-11-3-2-8(6-10(11)15)17-12(19)9-7-16-14-18(13(9)20)4-5-22-14/h2-7H,1H3,(H,17,19). The van der Waals surface area contributed by atoms with Gasteiger partial charge in [-0.05, 0) is 18.2 Å². The van der Waals surface area contributed by atoms with Gasteiger partial charge in [-0.25, -0.2) is 4.98 Å². The van der Waals surface area contributed by atoms with Crippen LogP contribution in [-0.4, -0.2) is 22.4 Å². The summed E-state index contributed by atoms with van der Waals surface area (Å²) in [6.45, 7) is 0. The number of nitrogens with one attached hydrogen (secondary N) is 1. The largest absolute Gasteiger partial charge is 0.495 e. The van der Waals surface area contributed by atoms with Crippen molar-refractivity contribution in [2.24, 2.45) is 0 Å². The average Bonchev–Trinajstić information content (AvgIpc) is 2.97. The third-order valence-corrected chi connectivity index (χ3v) is 4.06. The fraction of sp³-hybridized carbons (Fsp3) is 0.0714. The summed E-state index contributed by atoms with van der Waals surface area (Å²) in [5.74, 6) is -0.0413. The normalized spacial score (nSPS) is 10.6. The molecule has 2 aromatic heterocycles. The molecule has 3 aromatic rings. The number of hydrogen-bond donors (Lipinski definition) is 1. The number of methoxy groups -OCH3 is 1. The van der Waals surface area contributed by atoms with Crippen LogP contribution in [0.4, 0.5) is 5.69 Å². The van der Waals surface area contributed by atoms with Crippen molar-refractivity contribution in [3.63, 3.8) is 0 Å². The van der Waals surface area contributed by atoms with Gasteiger partial charge in [0.1, 0.15) is 11.3 Å². The van der Waals surface area contributed by atoms with E-state index in [9.17, 15) is 9.59 Å². The monoisotopic (exact) mass is 335 g/mol. The number of nitrogens with zero attached hydrogens (tertiary/aromatic N) is 2. The topological polar surface area (TPSA) is 72.7 Å². The summed E-state index contributed by atoms with van der Waals surface area (Å²) < 4.78 is 6.38. The van der Waals surface area contributed by atoms with E-state index in [2.05, 4.69) is 10.3 Å². The van der Waals surface area contributed by atoms with Crippen molar-refractivity contribution in [2.45, 2.75) is 0 Å². The van der Waals surface area contributed by atoms with E-state index in [1.54, 1.807) is 29.8 Å². The number of halogens is 1. The lowest BCUT2D eigenvalue weighted by molar-refractivity contribution is 0.102. The van der Waals surface area contributed by atoms with Gasteiger partial charge in [0.15, 0.2) is 4.96 Å². The Balaban J connectivity index is 1.91. The molecule has 0 saturated heterocycles. The molecule has 0 spiro atoms. The average molecular weight is 336 g/mol. The number of carbonyl (C=O) groups excluding carboxylic acids is 1. The highest BCUT2D eigenvalue weighted by molar-refractivity contribution is 7.15. The van der Waals surface area contributed by atoms with Gasteiger partial charge in [-0.2, -0.15) is 0 Å². The van der Waals surface area contributed by atoms with Crippen molar-refractivity contribution in [1.82, 2.24) is 9.38 Å². The molecule has 1 N–H and O–H groups in total. The van der Waals surface area contributed by atoms with E-state index in [4.69, 9.17) is 16.3 Å². The van der Waals surface area contributed by atoms with Gasteiger partial charge in [-0.1, -0.05) is 11.6 Å². The molecule has 0 aliphatic heterocycles. The van der Waals surface area contributed by atoms with Crippen LogP contribution in [0, 0.1) is 0 Å². The van der Waals surface area contributed by atoms with Crippen LogP contribution in [0.25, 0.3) is 4.96 Å². The first-order chi connectivity index (χ1) is 10.6. The molecular formula is C14H10ClN3O3S. The molecule has 0 aliphatic carbocycles. The minimum Gasteiger partial charge on any atom is -0.495 e. The SMILES string of the molecule is COc1ccc(NC(=O)c2cnc3sccn3c2=O)cc1Cl. The van der Waals surface area contributed by atoms with Crippen LogP contribution in [0.15, 0.2) is 40.8 Å². The lowest BCUT2D eigenvalue weighted by atomic mass is 10.2. The fourth-order valence-corrected chi connectivity index (χ4v) is 2.86. The second kappa shape index (κ2) is 5.78. The second-order valence-electron chi connectivity index (χ2n) is 4.34. The molecule has 6 nitrogen and oxygen atoms in total. The number of aromatic nitrogens is 2. The van der Waals surface area contributed by atoms with E-state index in [1.165, 1.54) is 29.0 Å². The highest BCUT2D eigenvalue weighted by atomic mass is 35.5. The first kappa shape index (κ1) is 14.6. The van der Waals surface area contributed by atoms with E-state index in [-0.39, 0.29) is 5.56 Å². The molecule has 0 saturated carbocycles. The van der Waals surface area contributed by atoms with Crippen LogP contribution >= 0.6 is 22.9 Å². The molecule has 0 aliphatic rings. The third-order valence-electron chi connectivity index (χ3n) is 3.00. The summed E-state index contributed by atoms with van der Waals surface area (Å²) in [4.78, 5) is 29.1. The Hall–Kier alpha value is -2.38. The third kappa shape index (κ3) is 2.56. The van der Waals surface area contributed by atoms with Gasteiger partial charge >= 0.3 is 0 Å². The minimum atomic E-state index is -0.542. The Morgan fingerprint density at radius 3 is 3.00 bits per heavy atom. The smallest absolute Gasteiger partial charge is 0.271 e. The summed E-state index contributed by atoms with van der Waals surface area (Å²) >= 11 is 7.32. The zero-order chi connectivity index (χ0) is 15.7. The van der Waals surface area contributed by atoms with Gasteiger partial charge in [-0.15, -0.1) is 11.3 Å². The molecular weight excluding hydrogens is 326 g/mol. The summed E-state index contributed by atoms with van der Waals surface area (Å²) in [5, 5.41) is 4.71. The summed E-state index contributed by atoms with van der Waals surface area (Å²) in [6.07, 6.45) is 2.85. The van der Waals surface area contributed by atoms with Crippen molar-refractivity contribution in [2.75, 3.05) is 12.4 Å². The van der Waals surface area contributed by atoms with Crippen LogP contribution in [0.5, 0.6) is 5.75 Å². The maximum absolute atomic E-state index is 12.2. The molecule has 8 heteroatoms. The number of ether oxygens (including phenoxy) is 1. The maximum atomic E-state index is 12.2. The number of benzene rings is 1. The first-order valence-corrected chi connectivity index (χ1v) is 7.45. The molecule has 0 atom stereocenters. The predicted molar refractivity (Wildman–Crippen MR) is 85.3 cm³/mol. The number of fused-ring (bicyclic) bond motifs is 1. The minimum absolute atomic E-state index is 0.0390. The molecule has 112 valence electrons. The van der Waals surface area contributed by atoms with E-state index in [0.29, 0.717) is 21.4 Å². The second-order valence-corrected chi connectivity index (χ2v) is 5.62. The Bertz CT molecular complexity index is 919. The van der Waals surface area contributed by atoms with Crippen LogP contribution in [0.2, 0.25) is 5.02 Å².